The first-order chi connectivity index (χ1) is 14.0. The second-order valence-corrected chi connectivity index (χ2v) is 5.70. The largest absolute Gasteiger partial charge is 0.459 e. The number of rotatable bonds is 6. The molecule has 0 aliphatic heterocycles. The van der Waals surface area contributed by atoms with Crippen molar-refractivity contribution in [3.05, 3.63) is 83.8 Å². The van der Waals surface area contributed by atoms with Crippen LogP contribution in [-0.2, 0) is 9.53 Å². The number of esters is 1. The molecule has 0 saturated heterocycles. The molecule has 0 radical (unpaired) electrons. The third-order valence-electron chi connectivity index (χ3n) is 3.70. The van der Waals surface area contributed by atoms with Gasteiger partial charge in [0, 0.05) is 0 Å². The number of anilines is 2. The van der Waals surface area contributed by atoms with Crippen LogP contribution in [0.15, 0.2) is 65.3 Å². The number of ether oxygens (including phenoxy) is 1. The number of furan rings is 1. The highest BCUT2D eigenvalue weighted by Gasteiger charge is 2.18. The maximum absolute atomic E-state index is 13.6. The highest BCUT2D eigenvalue weighted by Crippen LogP contribution is 2.19. The summed E-state index contributed by atoms with van der Waals surface area (Å²) in [5, 5.41) is 4.51. The minimum atomic E-state index is -0.962. The Labute approximate surface area is 163 Å². The Morgan fingerprint density at radius 3 is 2.31 bits per heavy atom. The predicted octanol–water partition coefficient (Wildman–Crippen LogP) is 3.61. The highest BCUT2D eigenvalue weighted by molar-refractivity contribution is 6.07. The molecule has 1 heterocycles. The first-order valence-electron chi connectivity index (χ1n) is 8.30. The minimum Gasteiger partial charge on any atom is -0.459 e. The Morgan fingerprint density at radius 1 is 0.897 bits per heavy atom. The van der Waals surface area contributed by atoms with Crippen molar-refractivity contribution >= 4 is 29.2 Å². The summed E-state index contributed by atoms with van der Waals surface area (Å²) in [5.74, 6) is -4.31. The molecule has 0 spiro atoms. The molecule has 29 heavy (non-hydrogen) atoms. The summed E-state index contributed by atoms with van der Waals surface area (Å²) in [5.41, 5.74) is -0.517. The number of halogens is 2. The van der Waals surface area contributed by atoms with Crippen molar-refractivity contribution in [2.75, 3.05) is 17.2 Å². The fourth-order valence-corrected chi connectivity index (χ4v) is 2.36. The van der Waals surface area contributed by atoms with E-state index in [9.17, 15) is 23.2 Å². The normalized spacial score (nSPS) is 10.3. The number of hydrogen-bond acceptors (Lipinski definition) is 5. The van der Waals surface area contributed by atoms with Gasteiger partial charge in [-0.1, -0.05) is 18.2 Å². The molecule has 0 saturated carbocycles. The van der Waals surface area contributed by atoms with E-state index < -0.39 is 41.7 Å². The van der Waals surface area contributed by atoms with E-state index in [1.807, 2.05) is 5.32 Å². The second-order valence-electron chi connectivity index (χ2n) is 5.70. The van der Waals surface area contributed by atoms with Crippen LogP contribution in [0.4, 0.5) is 20.2 Å². The van der Waals surface area contributed by atoms with Gasteiger partial charge in [-0.25, -0.2) is 13.6 Å². The van der Waals surface area contributed by atoms with Gasteiger partial charge < -0.3 is 19.8 Å². The van der Waals surface area contributed by atoms with E-state index in [1.165, 1.54) is 36.6 Å². The zero-order valence-corrected chi connectivity index (χ0v) is 14.8. The van der Waals surface area contributed by atoms with Gasteiger partial charge in [0.05, 0.1) is 17.5 Å². The molecule has 148 valence electrons. The molecule has 0 fully saturated rings. The highest BCUT2D eigenvalue weighted by atomic mass is 19.1. The topological polar surface area (TPSA) is 97.6 Å². The van der Waals surface area contributed by atoms with Gasteiger partial charge in [0.25, 0.3) is 11.8 Å². The molecular formula is C20H14F2N2O5. The zero-order chi connectivity index (χ0) is 20.8. The third kappa shape index (κ3) is 4.83. The average molecular weight is 400 g/mol. The van der Waals surface area contributed by atoms with Crippen molar-refractivity contribution in [3.63, 3.8) is 0 Å². The summed E-state index contributed by atoms with van der Waals surface area (Å²) in [6.45, 7) is -0.785. The first kappa shape index (κ1) is 19.7. The summed E-state index contributed by atoms with van der Waals surface area (Å²) in [6.07, 6.45) is 1.33. The van der Waals surface area contributed by atoms with E-state index in [0.717, 1.165) is 18.2 Å². The minimum absolute atomic E-state index is 0.0164. The lowest BCUT2D eigenvalue weighted by Gasteiger charge is -2.11. The Balaban J connectivity index is 1.64. The number of hydrogen-bond donors (Lipinski definition) is 2. The van der Waals surface area contributed by atoms with Gasteiger partial charge in [-0.3, -0.25) is 9.59 Å². The molecule has 2 N–H and O–H groups in total. The smallest absolute Gasteiger partial charge is 0.340 e. The number of para-hydroxylation sites is 2. The Kier molecular flexibility index (Phi) is 5.98. The fraction of sp³-hybridized carbons (Fsp3) is 0.0500. The standard InChI is InChI=1S/C20H14F2N2O5/c21-13-6-3-7-14(22)18(13)24-17(25)11-29-20(27)12-5-1-2-8-15(12)23-19(26)16-9-4-10-28-16/h1-10H,11H2,(H,23,26)(H,24,25). The van der Waals surface area contributed by atoms with Gasteiger partial charge in [-0.05, 0) is 36.4 Å². The van der Waals surface area contributed by atoms with Crippen LogP contribution >= 0.6 is 0 Å². The third-order valence-corrected chi connectivity index (χ3v) is 3.70. The number of amides is 2. The van der Waals surface area contributed by atoms with Crippen LogP contribution in [0.25, 0.3) is 0 Å². The molecule has 9 heteroatoms. The van der Waals surface area contributed by atoms with Gasteiger partial charge in [-0.15, -0.1) is 0 Å². The van der Waals surface area contributed by atoms with E-state index in [4.69, 9.17) is 9.15 Å². The lowest BCUT2D eigenvalue weighted by atomic mass is 10.1. The summed E-state index contributed by atoms with van der Waals surface area (Å²) in [7, 11) is 0. The quantitative estimate of drug-likeness (QED) is 0.616. The summed E-state index contributed by atoms with van der Waals surface area (Å²) in [4.78, 5) is 36.3. The van der Waals surface area contributed by atoms with Gasteiger partial charge in [0.1, 0.15) is 17.3 Å². The molecule has 0 aliphatic carbocycles. The zero-order valence-electron chi connectivity index (χ0n) is 14.8. The van der Waals surface area contributed by atoms with E-state index in [1.54, 1.807) is 6.07 Å². The van der Waals surface area contributed by atoms with Crippen molar-refractivity contribution in [1.29, 1.82) is 0 Å². The van der Waals surface area contributed by atoms with Crippen molar-refractivity contribution in [2.24, 2.45) is 0 Å². The summed E-state index contributed by atoms with van der Waals surface area (Å²) in [6, 6.07) is 12.0. The van der Waals surface area contributed by atoms with Gasteiger partial charge in [0.15, 0.2) is 12.4 Å². The van der Waals surface area contributed by atoms with E-state index >= 15 is 0 Å². The van der Waals surface area contributed by atoms with Gasteiger partial charge in [-0.2, -0.15) is 0 Å². The molecule has 2 aromatic carbocycles. The summed E-state index contributed by atoms with van der Waals surface area (Å²) < 4.78 is 37.0. The van der Waals surface area contributed by atoms with E-state index in [0.29, 0.717) is 0 Å². The Hall–Kier alpha value is -4.01. The first-order valence-corrected chi connectivity index (χ1v) is 8.30. The van der Waals surface area contributed by atoms with Crippen LogP contribution in [0.5, 0.6) is 0 Å². The van der Waals surface area contributed by atoms with Crippen molar-refractivity contribution in [3.8, 4) is 0 Å². The molecular weight excluding hydrogens is 386 g/mol. The van der Waals surface area contributed by atoms with E-state index in [2.05, 4.69) is 5.32 Å². The molecule has 1 aromatic heterocycles. The number of carbonyl (C=O) groups is 3. The number of carbonyl (C=O) groups excluding carboxylic acids is 3. The van der Waals surface area contributed by atoms with Crippen LogP contribution in [0.3, 0.4) is 0 Å². The van der Waals surface area contributed by atoms with Crippen LogP contribution in [-0.4, -0.2) is 24.4 Å². The lowest BCUT2D eigenvalue weighted by Crippen LogP contribution is -2.23. The van der Waals surface area contributed by atoms with Crippen molar-refractivity contribution in [1.82, 2.24) is 0 Å². The maximum atomic E-state index is 13.6. The molecule has 3 aromatic rings. The van der Waals surface area contributed by atoms with Gasteiger partial charge in [0.2, 0.25) is 0 Å². The summed E-state index contributed by atoms with van der Waals surface area (Å²) >= 11 is 0. The molecule has 0 unspecified atom stereocenters. The van der Waals surface area contributed by atoms with Crippen LogP contribution in [0.2, 0.25) is 0 Å². The predicted molar refractivity (Wildman–Crippen MR) is 98.4 cm³/mol. The monoisotopic (exact) mass is 400 g/mol. The molecule has 0 aliphatic rings. The number of nitrogens with one attached hydrogen (secondary N) is 2. The molecule has 3 rings (SSSR count). The van der Waals surface area contributed by atoms with Crippen LogP contribution in [0.1, 0.15) is 20.9 Å². The molecule has 7 nitrogen and oxygen atoms in total. The van der Waals surface area contributed by atoms with Gasteiger partial charge >= 0.3 is 5.97 Å². The van der Waals surface area contributed by atoms with Crippen molar-refractivity contribution < 1.29 is 32.3 Å². The lowest BCUT2D eigenvalue weighted by molar-refractivity contribution is -0.119. The van der Waals surface area contributed by atoms with Crippen LogP contribution in [0, 0.1) is 11.6 Å². The second kappa shape index (κ2) is 8.79. The maximum Gasteiger partial charge on any atom is 0.340 e. The average Bonchev–Trinajstić information content (AvgIpc) is 3.24. The SMILES string of the molecule is O=C(COC(=O)c1ccccc1NC(=O)c1ccco1)Nc1c(F)cccc1F. The van der Waals surface area contributed by atoms with Crippen LogP contribution < -0.4 is 10.6 Å². The Morgan fingerprint density at radius 2 is 1.62 bits per heavy atom. The molecule has 0 bridgehead atoms. The van der Waals surface area contributed by atoms with E-state index in [-0.39, 0.29) is 17.0 Å². The molecule has 0 atom stereocenters. The Bertz CT molecular complexity index is 1030. The number of benzene rings is 2. The van der Waals surface area contributed by atoms with Crippen molar-refractivity contribution in [2.45, 2.75) is 0 Å². The molecule has 2 amide bonds. The fourth-order valence-electron chi connectivity index (χ4n) is 2.36.